The van der Waals surface area contributed by atoms with Gasteiger partial charge in [-0.15, -0.1) is 0 Å². The molecule has 0 atom stereocenters. The van der Waals surface area contributed by atoms with Crippen molar-refractivity contribution in [3.63, 3.8) is 0 Å². The van der Waals surface area contributed by atoms with E-state index in [4.69, 9.17) is 9.47 Å². The number of esters is 1. The van der Waals surface area contributed by atoms with E-state index in [2.05, 4.69) is 4.98 Å². The Bertz CT molecular complexity index is 355. The molecule has 15 heavy (non-hydrogen) atoms. The summed E-state index contributed by atoms with van der Waals surface area (Å²) in [6, 6.07) is 1.05. The minimum Gasteiger partial charge on any atom is -0.477 e. The summed E-state index contributed by atoms with van der Waals surface area (Å²) in [5, 5.41) is 0. The van der Waals surface area contributed by atoms with Gasteiger partial charge in [-0.3, -0.25) is 0 Å². The van der Waals surface area contributed by atoms with Crippen LogP contribution in [0.4, 0.5) is 4.39 Å². The molecule has 1 aromatic rings. The predicted octanol–water partition coefficient (Wildman–Crippen LogP) is 1.80. The number of rotatable bonds is 4. The Morgan fingerprint density at radius 2 is 2.20 bits per heavy atom. The van der Waals surface area contributed by atoms with Gasteiger partial charge in [0, 0.05) is 0 Å². The van der Waals surface area contributed by atoms with Gasteiger partial charge in [0.25, 0.3) is 0 Å². The van der Waals surface area contributed by atoms with E-state index in [9.17, 15) is 9.18 Å². The third-order valence-electron chi connectivity index (χ3n) is 1.59. The van der Waals surface area contributed by atoms with E-state index >= 15 is 0 Å². The van der Waals surface area contributed by atoms with Gasteiger partial charge in [0.05, 0.1) is 19.4 Å². The van der Waals surface area contributed by atoms with E-state index in [0.29, 0.717) is 6.61 Å². The lowest BCUT2D eigenvalue weighted by atomic mass is 10.2. The fraction of sp³-hybridized carbons (Fsp3) is 0.400. The van der Waals surface area contributed by atoms with Gasteiger partial charge in [0.15, 0.2) is 0 Å². The predicted molar refractivity (Wildman–Crippen MR) is 51.3 cm³/mol. The molecule has 0 N–H and O–H groups in total. The summed E-state index contributed by atoms with van der Waals surface area (Å²) in [7, 11) is 0. The van der Waals surface area contributed by atoms with Gasteiger partial charge in [0.2, 0.25) is 5.88 Å². The standard InChI is InChI=1S/C10H12FNO3/c1-3-14-9-8(10(13)15-4-2)5-7(11)6-12-9/h5-6H,3-4H2,1-2H3. The van der Waals surface area contributed by atoms with E-state index in [1.807, 2.05) is 0 Å². The van der Waals surface area contributed by atoms with Gasteiger partial charge in [-0.2, -0.15) is 0 Å². The van der Waals surface area contributed by atoms with Crippen LogP contribution in [0.1, 0.15) is 24.2 Å². The summed E-state index contributed by atoms with van der Waals surface area (Å²) in [6.07, 6.45) is 0.994. The number of carbonyl (C=O) groups excluding carboxylic acids is 1. The number of pyridine rings is 1. The summed E-state index contributed by atoms with van der Waals surface area (Å²) in [5.74, 6) is -1.13. The molecule has 1 rings (SSSR count). The van der Waals surface area contributed by atoms with Crippen molar-refractivity contribution in [1.82, 2.24) is 4.98 Å². The monoisotopic (exact) mass is 213 g/mol. The zero-order valence-corrected chi connectivity index (χ0v) is 8.62. The number of ether oxygens (including phenoxy) is 2. The Morgan fingerprint density at radius 3 is 2.80 bits per heavy atom. The molecule has 5 heteroatoms. The molecule has 0 spiro atoms. The zero-order valence-electron chi connectivity index (χ0n) is 8.62. The van der Waals surface area contributed by atoms with Gasteiger partial charge < -0.3 is 9.47 Å². The molecule has 0 aliphatic carbocycles. The third kappa shape index (κ3) is 2.90. The Hall–Kier alpha value is -1.65. The number of nitrogens with zero attached hydrogens (tertiary/aromatic N) is 1. The lowest BCUT2D eigenvalue weighted by molar-refractivity contribution is 0.0520. The Labute approximate surface area is 87.0 Å². The smallest absolute Gasteiger partial charge is 0.343 e. The first kappa shape index (κ1) is 11.4. The molecule has 1 aromatic heterocycles. The van der Waals surface area contributed by atoms with Crippen LogP contribution in [0.3, 0.4) is 0 Å². The maximum Gasteiger partial charge on any atom is 0.343 e. The third-order valence-corrected chi connectivity index (χ3v) is 1.59. The average molecular weight is 213 g/mol. The summed E-state index contributed by atoms with van der Waals surface area (Å²) >= 11 is 0. The molecule has 0 saturated carbocycles. The van der Waals surface area contributed by atoms with E-state index in [0.717, 1.165) is 12.3 Å². The van der Waals surface area contributed by atoms with Gasteiger partial charge in [-0.1, -0.05) is 0 Å². The first-order chi connectivity index (χ1) is 7.19. The van der Waals surface area contributed by atoms with Crippen LogP contribution < -0.4 is 4.74 Å². The Balaban J connectivity index is 3.00. The zero-order chi connectivity index (χ0) is 11.3. The second kappa shape index (κ2) is 5.29. The molecule has 0 bridgehead atoms. The number of halogens is 1. The van der Waals surface area contributed by atoms with E-state index in [1.54, 1.807) is 13.8 Å². The first-order valence-corrected chi connectivity index (χ1v) is 4.64. The van der Waals surface area contributed by atoms with Gasteiger partial charge in [-0.25, -0.2) is 14.2 Å². The summed E-state index contributed by atoms with van der Waals surface area (Å²) in [5.41, 5.74) is 0.0127. The SMILES string of the molecule is CCOC(=O)c1cc(F)cnc1OCC. The van der Waals surface area contributed by atoms with Crippen molar-refractivity contribution in [1.29, 1.82) is 0 Å². The summed E-state index contributed by atoms with van der Waals surface area (Å²) < 4.78 is 22.7. The fourth-order valence-electron chi connectivity index (χ4n) is 1.03. The number of aromatic nitrogens is 1. The molecule has 0 aliphatic rings. The van der Waals surface area contributed by atoms with Crippen LogP contribution in [0.2, 0.25) is 0 Å². The number of carbonyl (C=O) groups is 1. The van der Waals surface area contributed by atoms with Crippen molar-refractivity contribution in [2.24, 2.45) is 0 Å². The van der Waals surface area contributed by atoms with Crippen molar-refractivity contribution in [3.05, 3.63) is 23.6 Å². The second-order valence-electron chi connectivity index (χ2n) is 2.66. The molecule has 4 nitrogen and oxygen atoms in total. The van der Waals surface area contributed by atoms with E-state index in [-0.39, 0.29) is 18.1 Å². The molecular formula is C10H12FNO3. The van der Waals surface area contributed by atoms with Gasteiger partial charge in [-0.05, 0) is 19.9 Å². The molecule has 0 radical (unpaired) electrons. The minimum absolute atomic E-state index is 0.0127. The van der Waals surface area contributed by atoms with Crippen molar-refractivity contribution in [3.8, 4) is 5.88 Å². The molecule has 0 unspecified atom stereocenters. The molecule has 0 fully saturated rings. The highest BCUT2D eigenvalue weighted by Crippen LogP contribution is 2.17. The number of hydrogen-bond donors (Lipinski definition) is 0. The van der Waals surface area contributed by atoms with Crippen LogP contribution >= 0.6 is 0 Å². The Kier molecular flexibility index (Phi) is 4.03. The molecule has 0 aliphatic heterocycles. The average Bonchev–Trinajstić information content (AvgIpc) is 2.21. The highest BCUT2D eigenvalue weighted by molar-refractivity contribution is 5.91. The molecule has 82 valence electrons. The Morgan fingerprint density at radius 1 is 1.47 bits per heavy atom. The lowest BCUT2D eigenvalue weighted by Gasteiger charge is -2.07. The molecule has 0 amide bonds. The van der Waals surface area contributed by atoms with Crippen LogP contribution in [0.5, 0.6) is 5.88 Å². The molecule has 0 saturated heterocycles. The van der Waals surface area contributed by atoms with E-state index in [1.165, 1.54) is 0 Å². The van der Waals surface area contributed by atoms with Crippen LogP contribution in [0.15, 0.2) is 12.3 Å². The van der Waals surface area contributed by atoms with Crippen LogP contribution in [0.25, 0.3) is 0 Å². The highest BCUT2D eigenvalue weighted by Gasteiger charge is 2.15. The molecular weight excluding hydrogens is 201 g/mol. The van der Waals surface area contributed by atoms with Crippen molar-refractivity contribution in [2.75, 3.05) is 13.2 Å². The van der Waals surface area contributed by atoms with Gasteiger partial charge >= 0.3 is 5.97 Å². The second-order valence-corrected chi connectivity index (χ2v) is 2.66. The van der Waals surface area contributed by atoms with E-state index < -0.39 is 11.8 Å². The van der Waals surface area contributed by atoms with Crippen LogP contribution in [-0.4, -0.2) is 24.2 Å². The lowest BCUT2D eigenvalue weighted by Crippen LogP contribution is -2.09. The summed E-state index contributed by atoms with van der Waals surface area (Å²) in [6.45, 7) is 4.00. The van der Waals surface area contributed by atoms with Crippen molar-refractivity contribution >= 4 is 5.97 Å². The maximum absolute atomic E-state index is 12.9. The van der Waals surface area contributed by atoms with Crippen LogP contribution in [0, 0.1) is 5.82 Å². The maximum atomic E-state index is 12.9. The molecule has 1 heterocycles. The normalized spacial score (nSPS) is 9.80. The first-order valence-electron chi connectivity index (χ1n) is 4.64. The van der Waals surface area contributed by atoms with Crippen molar-refractivity contribution in [2.45, 2.75) is 13.8 Å². The molecule has 0 aromatic carbocycles. The fourth-order valence-corrected chi connectivity index (χ4v) is 1.03. The van der Waals surface area contributed by atoms with Crippen LogP contribution in [-0.2, 0) is 4.74 Å². The van der Waals surface area contributed by atoms with Gasteiger partial charge in [0.1, 0.15) is 11.4 Å². The highest BCUT2D eigenvalue weighted by atomic mass is 19.1. The summed E-state index contributed by atoms with van der Waals surface area (Å²) in [4.78, 5) is 15.1. The topological polar surface area (TPSA) is 48.4 Å². The largest absolute Gasteiger partial charge is 0.477 e. The quantitative estimate of drug-likeness (QED) is 0.715. The minimum atomic E-state index is -0.632. The van der Waals surface area contributed by atoms with Crippen molar-refractivity contribution < 1.29 is 18.7 Å². The number of hydrogen-bond acceptors (Lipinski definition) is 4.